The van der Waals surface area contributed by atoms with E-state index in [0.29, 0.717) is 31.5 Å². The van der Waals surface area contributed by atoms with Gasteiger partial charge in [-0.3, -0.25) is 9.69 Å². The van der Waals surface area contributed by atoms with Crippen molar-refractivity contribution in [1.82, 2.24) is 4.90 Å². The number of carbonyl (C=O) groups excluding carboxylic acids is 1. The zero-order valence-corrected chi connectivity index (χ0v) is 9.74. The summed E-state index contributed by atoms with van der Waals surface area (Å²) in [5.41, 5.74) is 5.70. The van der Waals surface area contributed by atoms with Crippen LogP contribution in [0.2, 0.25) is 0 Å². The Balaban J connectivity index is 2.34. The SMILES string of the molecule is CCOC(=O)CN1CCC(C)C(CN)C1. The van der Waals surface area contributed by atoms with Crippen LogP contribution >= 0.6 is 0 Å². The maximum atomic E-state index is 11.3. The fourth-order valence-corrected chi connectivity index (χ4v) is 2.06. The first-order valence-corrected chi connectivity index (χ1v) is 5.75. The highest BCUT2D eigenvalue weighted by atomic mass is 16.5. The Morgan fingerprint density at radius 3 is 2.93 bits per heavy atom. The number of hydrogen-bond acceptors (Lipinski definition) is 4. The van der Waals surface area contributed by atoms with Crippen LogP contribution in [0.1, 0.15) is 20.3 Å². The summed E-state index contributed by atoms with van der Waals surface area (Å²) in [6, 6.07) is 0. The van der Waals surface area contributed by atoms with Crippen LogP contribution in [0.4, 0.5) is 0 Å². The van der Waals surface area contributed by atoms with Gasteiger partial charge in [0.05, 0.1) is 13.2 Å². The molecule has 88 valence electrons. The van der Waals surface area contributed by atoms with Crippen LogP contribution in [0.15, 0.2) is 0 Å². The van der Waals surface area contributed by atoms with Gasteiger partial charge in [-0.05, 0) is 38.3 Å². The molecule has 0 spiro atoms. The molecule has 15 heavy (non-hydrogen) atoms. The summed E-state index contributed by atoms with van der Waals surface area (Å²) in [6.07, 6.45) is 1.13. The Morgan fingerprint density at radius 2 is 2.33 bits per heavy atom. The Morgan fingerprint density at radius 1 is 1.60 bits per heavy atom. The van der Waals surface area contributed by atoms with Crippen LogP contribution in [0.5, 0.6) is 0 Å². The Labute approximate surface area is 91.8 Å². The molecule has 0 radical (unpaired) electrons. The van der Waals surface area contributed by atoms with Gasteiger partial charge in [-0.25, -0.2) is 0 Å². The second-order valence-electron chi connectivity index (χ2n) is 4.30. The van der Waals surface area contributed by atoms with Crippen LogP contribution in [0.25, 0.3) is 0 Å². The monoisotopic (exact) mass is 214 g/mol. The third kappa shape index (κ3) is 3.80. The van der Waals surface area contributed by atoms with Crippen LogP contribution in [-0.4, -0.2) is 43.7 Å². The van der Waals surface area contributed by atoms with Gasteiger partial charge in [0.25, 0.3) is 0 Å². The molecule has 0 aromatic heterocycles. The highest BCUT2D eigenvalue weighted by Gasteiger charge is 2.26. The molecule has 1 aliphatic heterocycles. The van der Waals surface area contributed by atoms with E-state index in [0.717, 1.165) is 19.5 Å². The van der Waals surface area contributed by atoms with Crippen molar-refractivity contribution >= 4 is 5.97 Å². The van der Waals surface area contributed by atoms with Crippen molar-refractivity contribution in [3.8, 4) is 0 Å². The average Bonchev–Trinajstić information content (AvgIpc) is 2.21. The van der Waals surface area contributed by atoms with E-state index in [4.69, 9.17) is 10.5 Å². The zero-order chi connectivity index (χ0) is 11.3. The second kappa shape index (κ2) is 6.08. The van der Waals surface area contributed by atoms with Gasteiger partial charge < -0.3 is 10.5 Å². The lowest BCUT2D eigenvalue weighted by atomic mass is 9.87. The number of nitrogens with zero attached hydrogens (tertiary/aromatic N) is 1. The maximum absolute atomic E-state index is 11.3. The summed E-state index contributed by atoms with van der Waals surface area (Å²) >= 11 is 0. The molecule has 4 heteroatoms. The van der Waals surface area contributed by atoms with Crippen molar-refractivity contribution in [3.05, 3.63) is 0 Å². The largest absolute Gasteiger partial charge is 0.465 e. The fourth-order valence-electron chi connectivity index (χ4n) is 2.06. The topological polar surface area (TPSA) is 55.6 Å². The molecule has 1 saturated heterocycles. The lowest BCUT2D eigenvalue weighted by Crippen LogP contribution is -2.44. The van der Waals surface area contributed by atoms with Gasteiger partial charge in [0.15, 0.2) is 0 Å². The molecule has 2 unspecified atom stereocenters. The van der Waals surface area contributed by atoms with Gasteiger partial charge in [-0.15, -0.1) is 0 Å². The minimum Gasteiger partial charge on any atom is -0.465 e. The van der Waals surface area contributed by atoms with E-state index in [9.17, 15) is 4.79 Å². The predicted octanol–water partition coefficient (Wildman–Crippen LogP) is 0.466. The van der Waals surface area contributed by atoms with Crippen molar-refractivity contribution in [2.75, 3.05) is 32.8 Å². The first-order chi connectivity index (χ1) is 7.17. The predicted molar refractivity (Wildman–Crippen MR) is 59.4 cm³/mol. The first-order valence-electron chi connectivity index (χ1n) is 5.75. The number of hydrogen-bond donors (Lipinski definition) is 1. The minimum absolute atomic E-state index is 0.122. The van der Waals surface area contributed by atoms with E-state index in [2.05, 4.69) is 11.8 Å². The lowest BCUT2D eigenvalue weighted by molar-refractivity contribution is -0.145. The molecule has 0 amide bonds. The van der Waals surface area contributed by atoms with Gasteiger partial charge in [0, 0.05) is 6.54 Å². The summed E-state index contributed by atoms with van der Waals surface area (Å²) < 4.78 is 4.93. The molecule has 0 aliphatic carbocycles. The van der Waals surface area contributed by atoms with Crippen molar-refractivity contribution in [1.29, 1.82) is 0 Å². The van der Waals surface area contributed by atoms with Crippen LogP contribution in [-0.2, 0) is 9.53 Å². The summed E-state index contributed by atoms with van der Waals surface area (Å²) in [4.78, 5) is 13.4. The molecule has 1 fully saturated rings. The number of piperidine rings is 1. The molecule has 1 rings (SSSR count). The quantitative estimate of drug-likeness (QED) is 0.691. The zero-order valence-electron chi connectivity index (χ0n) is 9.74. The van der Waals surface area contributed by atoms with Crippen molar-refractivity contribution in [2.24, 2.45) is 17.6 Å². The number of rotatable bonds is 4. The fraction of sp³-hybridized carbons (Fsp3) is 0.909. The molecule has 0 bridgehead atoms. The number of ether oxygens (including phenoxy) is 1. The summed E-state index contributed by atoms with van der Waals surface area (Å²) in [5.74, 6) is 1.07. The van der Waals surface area contributed by atoms with E-state index in [1.54, 1.807) is 0 Å². The standard InChI is InChI=1S/C11H22N2O2/c1-3-15-11(14)8-13-5-4-9(2)10(6-12)7-13/h9-10H,3-8,12H2,1-2H3. The highest BCUT2D eigenvalue weighted by molar-refractivity contribution is 5.71. The van der Waals surface area contributed by atoms with Crippen LogP contribution < -0.4 is 5.73 Å². The Bertz CT molecular complexity index is 209. The first kappa shape index (κ1) is 12.5. The van der Waals surface area contributed by atoms with Gasteiger partial charge in [0.1, 0.15) is 0 Å². The van der Waals surface area contributed by atoms with E-state index in [-0.39, 0.29) is 5.97 Å². The molecule has 1 heterocycles. The van der Waals surface area contributed by atoms with Crippen molar-refractivity contribution in [3.63, 3.8) is 0 Å². The normalized spacial score (nSPS) is 27.7. The highest BCUT2D eigenvalue weighted by Crippen LogP contribution is 2.21. The minimum atomic E-state index is -0.122. The van der Waals surface area contributed by atoms with Crippen molar-refractivity contribution in [2.45, 2.75) is 20.3 Å². The molecule has 1 aliphatic rings. The number of esters is 1. The van der Waals surface area contributed by atoms with Gasteiger partial charge >= 0.3 is 5.97 Å². The molecule has 0 saturated carbocycles. The van der Waals surface area contributed by atoms with E-state index < -0.39 is 0 Å². The Hall–Kier alpha value is -0.610. The smallest absolute Gasteiger partial charge is 0.320 e. The van der Waals surface area contributed by atoms with Crippen molar-refractivity contribution < 1.29 is 9.53 Å². The third-order valence-corrected chi connectivity index (χ3v) is 3.16. The van der Waals surface area contributed by atoms with E-state index in [1.165, 1.54) is 0 Å². The molecule has 2 atom stereocenters. The average molecular weight is 214 g/mol. The number of nitrogens with two attached hydrogens (primary N) is 1. The van der Waals surface area contributed by atoms with Crippen LogP contribution in [0.3, 0.4) is 0 Å². The van der Waals surface area contributed by atoms with Gasteiger partial charge in [-0.2, -0.15) is 0 Å². The lowest BCUT2D eigenvalue weighted by Gasteiger charge is -2.35. The number of likely N-dealkylation sites (tertiary alicyclic amines) is 1. The summed E-state index contributed by atoms with van der Waals surface area (Å²) in [7, 11) is 0. The molecular formula is C11H22N2O2. The number of carbonyl (C=O) groups is 1. The van der Waals surface area contributed by atoms with E-state index in [1.807, 2.05) is 6.92 Å². The van der Waals surface area contributed by atoms with Crippen LogP contribution in [0, 0.1) is 11.8 Å². The third-order valence-electron chi connectivity index (χ3n) is 3.16. The van der Waals surface area contributed by atoms with Gasteiger partial charge in [-0.1, -0.05) is 6.92 Å². The summed E-state index contributed by atoms with van der Waals surface area (Å²) in [5, 5.41) is 0. The molecule has 4 nitrogen and oxygen atoms in total. The molecular weight excluding hydrogens is 192 g/mol. The molecule has 2 N–H and O–H groups in total. The maximum Gasteiger partial charge on any atom is 0.320 e. The molecule has 0 aromatic rings. The molecule has 0 aromatic carbocycles. The second-order valence-corrected chi connectivity index (χ2v) is 4.30. The Kier molecular flexibility index (Phi) is 5.05. The summed E-state index contributed by atoms with van der Waals surface area (Å²) in [6.45, 7) is 7.56. The van der Waals surface area contributed by atoms with Gasteiger partial charge in [0.2, 0.25) is 0 Å². The van der Waals surface area contributed by atoms with E-state index >= 15 is 0 Å².